The van der Waals surface area contributed by atoms with Gasteiger partial charge in [0, 0.05) is 18.3 Å². The number of halogens is 3. The Kier molecular flexibility index (Phi) is 4.40. The first-order valence-electron chi connectivity index (χ1n) is 5.47. The summed E-state index contributed by atoms with van der Waals surface area (Å²) in [5, 5.41) is 3.01. The molecule has 0 aliphatic heterocycles. The lowest BCUT2D eigenvalue weighted by Crippen LogP contribution is -2.33. The van der Waals surface area contributed by atoms with Crippen molar-refractivity contribution in [1.82, 2.24) is 0 Å². The Morgan fingerprint density at radius 1 is 1.18 bits per heavy atom. The summed E-state index contributed by atoms with van der Waals surface area (Å²) in [4.78, 5) is 0. The minimum Gasteiger partial charge on any atom is -0.383 e. The number of hydrogen-bond donors (Lipinski definition) is 2. The molecule has 2 nitrogen and oxygen atoms in total. The molecule has 5 heteroatoms. The van der Waals surface area contributed by atoms with Crippen LogP contribution in [0.4, 0.5) is 18.9 Å². The fraction of sp³-hybridized carbons (Fsp3) is 0.500. The molecule has 0 heterocycles. The number of hydrogen-bond acceptors (Lipinski definition) is 2. The van der Waals surface area contributed by atoms with Gasteiger partial charge in [0.25, 0.3) is 0 Å². The van der Waals surface area contributed by atoms with Crippen molar-refractivity contribution < 1.29 is 13.2 Å². The van der Waals surface area contributed by atoms with E-state index in [1.807, 2.05) is 13.8 Å². The first-order chi connectivity index (χ1) is 7.80. The molecule has 3 N–H and O–H groups in total. The van der Waals surface area contributed by atoms with Gasteiger partial charge in [0.15, 0.2) is 0 Å². The second-order valence-electron chi connectivity index (χ2n) is 4.36. The van der Waals surface area contributed by atoms with Gasteiger partial charge in [0.2, 0.25) is 0 Å². The van der Waals surface area contributed by atoms with Crippen molar-refractivity contribution in [2.24, 2.45) is 11.7 Å². The van der Waals surface area contributed by atoms with Crippen molar-refractivity contribution in [3.63, 3.8) is 0 Å². The second kappa shape index (κ2) is 5.40. The minimum absolute atomic E-state index is 0.0164. The van der Waals surface area contributed by atoms with Crippen LogP contribution in [-0.4, -0.2) is 12.6 Å². The maximum atomic E-state index is 12.3. The highest BCUT2D eigenvalue weighted by Crippen LogP contribution is 2.29. The van der Waals surface area contributed by atoms with Crippen LogP contribution >= 0.6 is 0 Å². The Morgan fingerprint density at radius 2 is 1.71 bits per heavy atom. The maximum Gasteiger partial charge on any atom is 0.416 e. The predicted octanol–water partition coefficient (Wildman–Crippen LogP) is 3.10. The van der Waals surface area contributed by atoms with Gasteiger partial charge < -0.3 is 11.1 Å². The molecule has 0 radical (unpaired) electrons. The van der Waals surface area contributed by atoms with Crippen molar-refractivity contribution in [2.45, 2.75) is 26.1 Å². The molecule has 1 rings (SSSR count). The predicted molar refractivity (Wildman–Crippen MR) is 62.7 cm³/mol. The molecular weight excluding hydrogens is 229 g/mol. The van der Waals surface area contributed by atoms with Gasteiger partial charge in [-0.15, -0.1) is 0 Å². The van der Waals surface area contributed by atoms with Gasteiger partial charge in [-0.3, -0.25) is 0 Å². The fourth-order valence-corrected chi connectivity index (χ4v) is 1.25. The molecule has 0 amide bonds. The first-order valence-corrected chi connectivity index (χ1v) is 5.47. The van der Waals surface area contributed by atoms with Crippen LogP contribution < -0.4 is 11.1 Å². The van der Waals surface area contributed by atoms with Crippen LogP contribution in [0.25, 0.3) is 0 Å². The average molecular weight is 246 g/mol. The monoisotopic (exact) mass is 246 g/mol. The van der Waals surface area contributed by atoms with Crippen LogP contribution in [0.3, 0.4) is 0 Å². The third-order valence-corrected chi connectivity index (χ3v) is 2.61. The zero-order chi connectivity index (χ0) is 13.1. The summed E-state index contributed by atoms with van der Waals surface area (Å²) < 4.78 is 36.9. The van der Waals surface area contributed by atoms with Crippen LogP contribution in [0.15, 0.2) is 24.3 Å². The van der Waals surface area contributed by atoms with Gasteiger partial charge in [0.1, 0.15) is 0 Å². The maximum absolute atomic E-state index is 12.3. The standard InChI is InChI=1S/C12H17F3N2/c1-8(2)11(16)7-17-10-5-3-9(4-6-10)12(13,14)15/h3-6,8,11,17H,7,16H2,1-2H3. The highest BCUT2D eigenvalue weighted by molar-refractivity contribution is 5.45. The summed E-state index contributed by atoms with van der Waals surface area (Å²) >= 11 is 0. The molecule has 0 fully saturated rings. The topological polar surface area (TPSA) is 38.0 Å². The molecule has 0 aromatic heterocycles. The zero-order valence-corrected chi connectivity index (χ0v) is 9.88. The van der Waals surface area contributed by atoms with Gasteiger partial charge in [0.05, 0.1) is 5.56 Å². The smallest absolute Gasteiger partial charge is 0.383 e. The summed E-state index contributed by atoms with van der Waals surface area (Å²) in [6.07, 6.45) is -4.28. The van der Waals surface area contributed by atoms with E-state index in [2.05, 4.69) is 5.32 Å². The van der Waals surface area contributed by atoms with Crippen molar-refractivity contribution in [2.75, 3.05) is 11.9 Å². The lowest BCUT2D eigenvalue weighted by molar-refractivity contribution is -0.137. The molecule has 17 heavy (non-hydrogen) atoms. The van der Waals surface area contributed by atoms with Crippen LogP contribution in [0.1, 0.15) is 19.4 Å². The van der Waals surface area contributed by atoms with Crippen molar-refractivity contribution in [1.29, 1.82) is 0 Å². The quantitative estimate of drug-likeness (QED) is 0.856. The first kappa shape index (κ1) is 13.8. The molecule has 0 saturated carbocycles. The molecular formula is C12H17F3N2. The van der Waals surface area contributed by atoms with E-state index in [1.165, 1.54) is 12.1 Å². The van der Waals surface area contributed by atoms with Crippen LogP contribution in [0.2, 0.25) is 0 Å². The van der Waals surface area contributed by atoms with E-state index in [0.29, 0.717) is 18.2 Å². The normalized spacial score (nSPS) is 13.8. The zero-order valence-electron chi connectivity index (χ0n) is 9.88. The van der Waals surface area contributed by atoms with Crippen LogP contribution in [-0.2, 0) is 6.18 Å². The molecule has 1 atom stereocenters. The van der Waals surface area contributed by atoms with E-state index in [0.717, 1.165) is 12.1 Å². The van der Waals surface area contributed by atoms with E-state index in [4.69, 9.17) is 5.73 Å². The SMILES string of the molecule is CC(C)C(N)CNc1ccc(C(F)(F)F)cc1. The lowest BCUT2D eigenvalue weighted by atomic mass is 10.1. The number of rotatable bonds is 4. The molecule has 0 bridgehead atoms. The summed E-state index contributed by atoms with van der Waals surface area (Å²) in [6.45, 7) is 4.54. The van der Waals surface area contributed by atoms with E-state index < -0.39 is 11.7 Å². The lowest BCUT2D eigenvalue weighted by Gasteiger charge is -2.17. The Bertz CT molecular complexity index is 344. The Hall–Kier alpha value is -1.23. The minimum atomic E-state index is -4.28. The van der Waals surface area contributed by atoms with Gasteiger partial charge in [-0.1, -0.05) is 13.8 Å². The van der Waals surface area contributed by atoms with E-state index >= 15 is 0 Å². The fourth-order valence-electron chi connectivity index (χ4n) is 1.25. The molecule has 0 aliphatic rings. The number of alkyl halides is 3. The highest BCUT2D eigenvalue weighted by Gasteiger charge is 2.29. The van der Waals surface area contributed by atoms with Gasteiger partial charge >= 0.3 is 6.18 Å². The summed E-state index contributed by atoms with van der Waals surface area (Å²) in [6, 6.07) is 4.93. The van der Waals surface area contributed by atoms with Crippen LogP contribution in [0.5, 0.6) is 0 Å². The van der Waals surface area contributed by atoms with E-state index in [1.54, 1.807) is 0 Å². The largest absolute Gasteiger partial charge is 0.416 e. The van der Waals surface area contributed by atoms with Gasteiger partial charge in [-0.2, -0.15) is 13.2 Å². The Morgan fingerprint density at radius 3 is 2.12 bits per heavy atom. The van der Waals surface area contributed by atoms with Crippen molar-refractivity contribution in [3.8, 4) is 0 Å². The number of nitrogens with two attached hydrogens (primary N) is 1. The van der Waals surface area contributed by atoms with Crippen LogP contribution in [0, 0.1) is 5.92 Å². The molecule has 0 spiro atoms. The molecule has 96 valence electrons. The summed E-state index contributed by atoms with van der Waals surface area (Å²) in [5.41, 5.74) is 5.83. The van der Waals surface area contributed by atoms with Gasteiger partial charge in [-0.25, -0.2) is 0 Å². The highest BCUT2D eigenvalue weighted by atomic mass is 19.4. The number of benzene rings is 1. The average Bonchev–Trinajstić information content (AvgIpc) is 2.25. The second-order valence-corrected chi connectivity index (χ2v) is 4.36. The van der Waals surface area contributed by atoms with E-state index in [9.17, 15) is 13.2 Å². The van der Waals surface area contributed by atoms with Gasteiger partial charge in [-0.05, 0) is 30.2 Å². The van der Waals surface area contributed by atoms with Crippen molar-refractivity contribution >= 4 is 5.69 Å². The molecule has 0 aliphatic carbocycles. The third kappa shape index (κ3) is 4.26. The third-order valence-electron chi connectivity index (χ3n) is 2.61. The summed E-state index contributed by atoms with van der Waals surface area (Å²) in [5.74, 6) is 0.331. The number of anilines is 1. The van der Waals surface area contributed by atoms with Crippen molar-refractivity contribution in [3.05, 3.63) is 29.8 Å². The molecule has 0 saturated heterocycles. The molecule has 1 unspecified atom stereocenters. The van der Waals surface area contributed by atoms with E-state index in [-0.39, 0.29) is 6.04 Å². The Labute approximate surface area is 99.0 Å². The summed E-state index contributed by atoms with van der Waals surface area (Å²) in [7, 11) is 0. The molecule has 1 aromatic rings. The number of nitrogens with one attached hydrogen (secondary N) is 1. The molecule has 1 aromatic carbocycles. The Balaban J connectivity index is 2.57.